The van der Waals surface area contributed by atoms with Gasteiger partial charge in [0.25, 0.3) is 0 Å². The summed E-state index contributed by atoms with van der Waals surface area (Å²) in [6.07, 6.45) is 2.89. The molecule has 1 amide bonds. The summed E-state index contributed by atoms with van der Waals surface area (Å²) in [6, 6.07) is 28.1. The Labute approximate surface area is 196 Å². The van der Waals surface area contributed by atoms with Crippen molar-refractivity contribution in [2.75, 3.05) is 12.3 Å². The molecule has 32 heavy (non-hydrogen) atoms. The fourth-order valence-corrected chi connectivity index (χ4v) is 5.31. The van der Waals surface area contributed by atoms with Gasteiger partial charge >= 0.3 is 0 Å². The van der Waals surface area contributed by atoms with E-state index in [1.807, 2.05) is 82.4 Å². The molecule has 4 aromatic rings. The zero-order valence-electron chi connectivity index (χ0n) is 17.4. The highest BCUT2D eigenvalue weighted by molar-refractivity contribution is 8.00. The van der Waals surface area contributed by atoms with Gasteiger partial charge in [-0.1, -0.05) is 72.3 Å². The van der Waals surface area contributed by atoms with E-state index >= 15 is 0 Å². The average molecular weight is 460 g/mol. The van der Waals surface area contributed by atoms with Crippen LogP contribution >= 0.6 is 23.4 Å². The molecule has 0 saturated carbocycles. The van der Waals surface area contributed by atoms with E-state index in [4.69, 9.17) is 16.7 Å². The summed E-state index contributed by atoms with van der Waals surface area (Å²) >= 11 is 7.79. The Morgan fingerprint density at radius 3 is 2.34 bits per heavy atom. The molecule has 1 fully saturated rings. The van der Waals surface area contributed by atoms with E-state index in [9.17, 15) is 4.79 Å². The highest BCUT2D eigenvalue weighted by Gasteiger charge is 2.35. The standard InChI is InChI=1S/C26H22ClN3OS/c27-21-13-11-20(12-14-21)25-23(17-30(28-25)22-9-5-2-6-10-22)26-29(24(31)18-32-26)16-15-19-7-3-1-4-8-19/h1-14,17,26H,15-16,18H2. The number of benzene rings is 3. The van der Waals surface area contributed by atoms with Crippen LogP contribution in [0.25, 0.3) is 16.9 Å². The second-order valence-corrected chi connectivity index (χ2v) is 9.21. The predicted octanol–water partition coefficient (Wildman–Crippen LogP) is 6.01. The molecule has 1 aromatic heterocycles. The van der Waals surface area contributed by atoms with Gasteiger partial charge < -0.3 is 4.90 Å². The topological polar surface area (TPSA) is 38.1 Å². The Balaban J connectivity index is 1.52. The zero-order chi connectivity index (χ0) is 21.9. The second kappa shape index (κ2) is 9.23. The summed E-state index contributed by atoms with van der Waals surface area (Å²) in [5, 5.41) is 5.54. The summed E-state index contributed by atoms with van der Waals surface area (Å²) < 4.78 is 1.90. The molecule has 160 valence electrons. The van der Waals surface area contributed by atoms with Crippen molar-refractivity contribution in [2.45, 2.75) is 11.8 Å². The molecule has 0 aliphatic carbocycles. The van der Waals surface area contributed by atoms with Crippen LogP contribution in [0.3, 0.4) is 0 Å². The Kier molecular flexibility index (Phi) is 6.02. The number of thioether (sulfide) groups is 1. The molecule has 0 radical (unpaired) electrons. The van der Waals surface area contributed by atoms with Crippen molar-refractivity contribution in [3.8, 4) is 16.9 Å². The lowest BCUT2D eigenvalue weighted by atomic mass is 10.1. The number of rotatable bonds is 6. The Bertz CT molecular complexity index is 1210. The van der Waals surface area contributed by atoms with Gasteiger partial charge in [0.15, 0.2) is 0 Å². The van der Waals surface area contributed by atoms with E-state index < -0.39 is 0 Å². The molecule has 0 spiro atoms. The van der Waals surface area contributed by atoms with Crippen molar-refractivity contribution in [1.29, 1.82) is 0 Å². The van der Waals surface area contributed by atoms with E-state index in [1.165, 1.54) is 5.56 Å². The smallest absolute Gasteiger partial charge is 0.233 e. The molecule has 1 aliphatic heterocycles. The van der Waals surface area contributed by atoms with E-state index in [-0.39, 0.29) is 11.3 Å². The van der Waals surface area contributed by atoms with Gasteiger partial charge in [-0.15, -0.1) is 11.8 Å². The normalized spacial score (nSPS) is 16.0. The van der Waals surface area contributed by atoms with Gasteiger partial charge in [-0.25, -0.2) is 4.68 Å². The van der Waals surface area contributed by atoms with Crippen molar-refractivity contribution in [2.24, 2.45) is 0 Å². The fourth-order valence-electron chi connectivity index (χ4n) is 3.96. The summed E-state index contributed by atoms with van der Waals surface area (Å²) in [5.74, 6) is 0.654. The van der Waals surface area contributed by atoms with Gasteiger partial charge in [0.1, 0.15) is 5.37 Å². The van der Waals surface area contributed by atoms with Gasteiger partial charge in [0, 0.05) is 28.9 Å². The van der Waals surface area contributed by atoms with Crippen molar-refractivity contribution >= 4 is 29.3 Å². The van der Waals surface area contributed by atoms with E-state index in [1.54, 1.807) is 11.8 Å². The first kappa shape index (κ1) is 20.9. The monoisotopic (exact) mass is 459 g/mol. The first-order chi connectivity index (χ1) is 15.7. The Morgan fingerprint density at radius 2 is 1.62 bits per heavy atom. The molecule has 0 bridgehead atoms. The van der Waals surface area contributed by atoms with E-state index in [0.29, 0.717) is 17.3 Å². The molecular weight excluding hydrogens is 438 g/mol. The molecule has 5 rings (SSSR count). The summed E-state index contributed by atoms with van der Waals surface area (Å²) in [7, 11) is 0. The lowest BCUT2D eigenvalue weighted by Crippen LogP contribution is -2.30. The third-order valence-electron chi connectivity index (χ3n) is 5.60. The zero-order valence-corrected chi connectivity index (χ0v) is 19.0. The van der Waals surface area contributed by atoms with Crippen molar-refractivity contribution < 1.29 is 4.79 Å². The van der Waals surface area contributed by atoms with Crippen LogP contribution in [0, 0.1) is 0 Å². The van der Waals surface area contributed by atoms with Crippen LogP contribution in [0.2, 0.25) is 5.02 Å². The molecule has 2 heterocycles. The van der Waals surface area contributed by atoms with Gasteiger partial charge in [-0.2, -0.15) is 5.10 Å². The number of halogens is 1. The lowest BCUT2D eigenvalue weighted by molar-refractivity contribution is -0.128. The summed E-state index contributed by atoms with van der Waals surface area (Å²) in [6.45, 7) is 0.678. The number of hydrogen-bond acceptors (Lipinski definition) is 3. The quantitative estimate of drug-likeness (QED) is 0.354. The van der Waals surface area contributed by atoms with Crippen molar-refractivity contribution in [3.63, 3.8) is 0 Å². The van der Waals surface area contributed by atoms with Crippen LogP contribution in [-0.2, 0) is 11.2 Å². The Hall–Kier alpha value is -3.02. The maximum atomic E-state index is 12.8. The number of carbonyl (C=O) groups excluding carboxylic acids is 1. The van der Waals surface area contributed by atoms with Gasteiger partial charge in [-0.3, -0.25) is 4.79 Å². The maximum Gasteiger partial charge on any atom is 0.233 e. The van der Waals surface area contributed by atoms with E-state index in [0.717, 1.165) is 28.9 Å². The molecule has 4 nitrogen and oxygen atoms in total. The number of aromatic nitrogens is 2. The summed E-state index contributed by atoms with van der Waals surface area (Å²) in [5.41, 5.74) is 5.12. The number of hydrogen-bond donors (Lipinski definition) is 0. The van der Waals surface area contributed by atoms with Crippen LogP contribution in [0.1, 0.15) is 16.5 Å². The van der Waals surface area contributed by atoms with E-state index in [2.05, 4.69) is 18.3 Å². The lowest BCUT2D eigenvalue weighted by Gasteiger charge is -2.24. The van der Waals surface area contributed by atoms with Crippen molar-refractivity contribution in [3.05, 3.63) is 107 Å². The van der Waals surface area contributed by atoms with Crippen LogP contribution in [0.4, 0.5) is 0 Å². The molecule has 1 aliphatic rings. The molecular formula is C26H22ClN3OS. The summed E-state index contributed by atoms with van der Waals surface area (Å²) in [4.78, 5) is 14.8. The van der Waals surface area contributed by atoms with Gasteiger partial charge in [0.05, 0.1) is 17.1 Å². The van der Waals surface area contributed by atoms with Crippen LogP contribution < -0.4 is 0 Å². The highest BCUT2D eigenvalue weighted by Crippen LogP contribution is 2.42. The molecule has 1 atom stereocenters. The first-order valence-corrected chi connectivity index (χ1v) is 12.0. The van der Waals surface area contributed by atoms with Crippen LogP contribution in [0.5, 0.6) is 0 Å². The van der Waals surface area contributed by atoms with Crippen LogP contribution in [-0.4, -0.2) is 32.9 Å². The minimum absolute atomic E-state index is 0.0747. The third kappa shape index (κ3) is 4.31. The molecule has 0 N–H and O–H groups in total. The fraction of sp³-hybridized carbons (Fsp3) is 0.154. The largest absolute Gasteiger partial charge is 0.325 e. The molecule has 1 saturated heterocycles. The second-order valence-electron chi connectivity index (χ2n) is 7.71. The van der Waals surface area contributed by atoms with Gasteiger partial charge in [0.2, 0.25) is 5.91 Å². The molecule has 6 heteroatoms. The van der Waals surface area contributed by atoms with Gasteiger partial charge in [-0.05, 0) is 36.2 Å². The number of para-hydroxylation sites is 1. The molecule has 3 aromatic carbocycles. The van der Waals surface area contributed by atoms with Crippen molar-refractivity contribution in [1.82, 2.24) is 14.7 Å². The number of amides is 1. The number of carbonyl (C=O) groups is 1. The highest BCUT2D eigenvalue weighted by atomic mass is 35.5. The SMILES string of the molecule is O=C1CSC(c2cn(-c3ccccc3)nc2-c2ccc(Cl)cc2)N1CCc1ccccc1. The predicted molar refractivity (Wildman–Crippen MR) is 131 cm³/mol. The third-order valence-corrected chi connectivity index (χ3v) is 7.09. The average Bonchev–Trinajstić information content (AvgIpc) is 3.43. The first-order valence-electron chi connectivity index (χ1n) is 10.5. The Morgan fingerprint density at radius 1 is 0.938 bits per heavy atom. The van der Waals surface area contributed by atoms with Crippen LogP contribution in [0.15, 0.2) is 91.1 Å². The minimum atomic E-state index is -0.0747. The number of nitrogens with zero attached hydrogens (tertiary/aromatic N) is 3. The minimum Gasteiger partial charge on any atom is -0.325 e. The molecule has 1 unspecified atom stereocenters. The maximum absolute atomic E-state index is 12.8.